The van der Waals surface area contributed by atoms with Gasteiger partial charge in [-0.15, -0.1) is 0 Å². The first-order valence-electron chi connectivity index (χ1n) is 9.77. The van der Waals surface area contributed by atoms with Crippen LogP contribution in [0.5, 0.6) is 0 Å². The van der Waals surface area contributed by atoms with Crippen molar-refractivity contribution in [3.63, 3.8) is 0 Å². The van der Waals surface area contributed by atoms with E-state index in [1.165, 1.54) is 25.5 Å². The van der Waals surface area contributed by atoms with E-state index in [0.29, 0.717) is 5.69 Å². The van der Waals surface area contributed by atoms with E-state index in [4.69, 9.17) is 22.3 Å². The van der Waals surface area contributed by atoms with Gasteiger partial charge in [0, 0.05) is 30.9 Å². The van der Waals surface area contributed by atoms with E-state index in [9.17, 15) is 19.2 Å². The number of carboxylic acid groups (broad SMARTS) is 1. The zero-order valence-corrected chi connectivity index (χ0v) is 17.7. The summed E-state index contributed by atoms with van der Waals surface area (Å²) in [5, 5.41) is 16.7. The number of H-pyrrole nitrogens is 1. The highest BCUT2D eigenvalue weighted by Gasteiger charge is 2.26. The number of imidazole rings is 1. The van der Waals surface area contributed by atoms with Crippen molar-refractivity contribution < 1.29 is 24.3 Å². The normalized spacial score (nSPS) is 13.5. The van der Waals surface area contributed by atoms with Gasteiger partial charge >= 0.3 is 5.97 Å². The summed E-state index contributed by atoms with van der Waals surface area (Å²) in [7, 11) is 0. The first-order chi connectivity index (χ1) is 15.6. The molecule has 33 heavy (non-hydrogen) atoms. The van der Waals surface area contributed by atoms with Gasteiger partial charge in [0.2, 0.25) is 11.8 Å². The fourth-order valence-corrected chi connectivity index (χ4v) is 2.59. The highest BCUT2D eigenvalue weighted by Crippen LogP contribution is 2.06. The van der Waals surface area contributed by atoms with Crippen LogP contribution in [0.15, 0.2) is 18.6 Å². The minimum Gasteiger partial charge on any atom is -0.480 e. The van der Waals surface area contributed by atoms with Gasteiger partial charge < -0.3 is 43.2 Å². The average Bonchev–Trinajstić information content (AvgIpc) is 3.25. The molecule has 3 amide bonds. The second-order valence-electron chi connectivity index (χ2n) is 7.11. The van der Waals surface area contributed by atoms with E-state index in [1.807, 2.05) is 0 Å². The Labute approximate surface area is 187 Å². The molecular formula is C18H26N10O5. The fraction of sp³-hybridized carbons (Fsp3) is 0.389. The van der Waals surface area contributed by atoms with Crippen LogP contribution in [0.3, 0.4) is 0 Å². The van der Waals surface area contributed by atoms with Gasteiger partial charge in [0.05, 0.1) is 18.9 Å². The van der Waals surface area contributed by atoms with E-state index >= 15 is 0 Å². The number of hydrogen-bond donors (Lipinski definition) is 8. The number of nitrogens with two attached hydrogens (primary N) is 3. The van der Waals surface area contributed by atoms with Crippen LogP contribution in [0.4, 0.5) is 5.82 Å². The number of carbonyl (C=O) groups excluding carboxylic acids is 3. The van der Waals surface area contributed by atoms with Crippen LogP contribution in [0.1, 0.15) is 28.9 Å². The van der Waals surface area contributed by atoms with Gasteiger partial charge in [0.25, 0.3) is 5.91 Å². The molecule has 0 aliphatic rings. The highest BCUT2D eigenvalue weighted by molar-refractivity contribution is 5.97. The third kappa shape index (κ3) is 7.82. The number of hydrogen-bond acceptors (Lipinski definition) is 10. The fourth-order valence-electron chi connectivity index (χ4n) is 2.59. The summed E-state index contributed by atoms with van der Waals surface area (Å²) < 4.78 is 0. The van der Waals surface area contributed by atoms with Crippen molar-refractivity contribution >= 4 is 29.5 Å². The van der Waals surface area contributed by atoms with Gasteiger partial charge in [-0.2, -0.15) is 0 Å². The van der Waals surface area contributed by atoms with Crippen LogP contribution in [-0.2, 0) is 27.3 Å². The molecule has 11 N–H and O–H groups in total. The molecule has 0 aliphatic carbocycles. The monoisotopic (exact) mass is 462 g/mol. The third-order valence-corrected chi connectivity index (χ3v) is 4.37. The molecule has 3 atom stereocenters. The summed E-state index contributed by atoms with van der Waals surface area (Å²) in [4.78, 5) is 62.3. The Hall–Kier alpha value is -4.11. The molecule has 0 aromatic carbocycles. The number of nitrogens with one attached hydrogen (secondary N) is 4. The summed E-state index contributed by atoms with van der Waals surface area (Å²) in [5.41, 5.74) is 16.8. The van der Waals surface area contributed by atoms with Crippen molar-refractivity contribution in [1.82, 2.24) is 35.9 Å². The number of anilines is 1. The van der Waals surface area contributed by atoms with E-state index in [-0.39, 0.29) is 36.8 Å². The van der Waals surface area contributed by atoms with Crippen LogP contribution in [-0.4, -0.2) is 73.4 Å². The quantitative estimate of drug-likeness (QED) is 0.154. The molecule has 2 aromatic rings. The number of carbonyl (C=O) groups is 4. The third-order valence-electron chi connectivity index (χ3n) is 4.37. The molecule has 15 heteroatoms. The lowest BCUT2D eigenvalue weighted by molar-refractivity contribution is -0.141. The van der Waals surface area contributed by atoms with Crippen LogP contribution in [0, 0.1) is 0 Å². The molecule has 178 valence electrons. The molecule has 0 spiro atoms. The Morgan fingerprint density at radius 1 is 1.21 bits per heavy atom. The van der Waals surface area contributed by atoms with Crippen molar-refractivity contribution in [3.8, 4) is 0 Å². The Morgan fingerprint density at radius 2 is 1.94 bits per heavy atom. The second kappa shape index (κ2) is 11.5. The van der Waals surface area contributed by atoms with Crippen molar-refractivity contribution in [2.75, 3.05) is 12.3 Å². The van der Waals surface area contributed by atoms with Crippen molar-refractivity contribution in [2.45, 2.75) is 38.0 Å². The molecule has 0 radical (unpaired) electrons. The maximum Gasteiger partial charge on any atom is 0.325 e. The van der Waals surface area contributed by atoms with E-state index in [0.717, 1.165) is 0 Å². The molecule has 15 nitrogen and oxygen atoms in total. The molecule has 0 aliphatic heterocycles. The molecule has 0 bridgehead atoms. The number of rotatable bonds is 12. The summed E-state index contributed by atoms with van der Waals surface area (Å²) in [5.74, 6) is -3.22. The lowest BCUT2D eigenvalue weighted by Gasteiger charge is -2.19. The summed E-state index contributed by atoms with van der Waals surface area (Å²) >= 11 is 0. The van der Waals surface area contributed by atoms with Gasteiger partial charge in [0.1, 0.15) is 29.4 Å². The number of primary amides is 1. The topological polar surface area (TPSA) is 257 Å². The SMILES string of the molecule is C[C@H](NC(=O)[C@H](Cc1cnc[nH]1)NC(=O)c1cc(N)nc(CNC[C@H](N)C(N)=O)n1)C(=O)O. The maximum atomic E-state index is 12.8. The first kappa shape index (κ1) is 25.2. The predicted octanol–water partition coefficient (Wildman–Crippen LogP) is -3.39. The Kier molecular flexibility index (Phi) is 8.76. The number of carboxylic acids is 1. The molecule has 0 saturated carbocycles. The molecule has 2 rings (SSSR count). The van der Waals surface area contributed by atoms with E-state index in [1.54, 1.807) is 0 Å². The number of nitrogens with zero attached hydrogens (tertiary/aromatic N) is 3. The molecule has 2 aromatic heterocycles. The van der Waals surface area contributed by atoms with Gasteiger partial charge in [-0.1, -0.05) is 0 Å². The highest BCUT2D eigenvalue weighted by atomic mass is 16.4. The molecular weight excluding hydrogens is 436 g/mol. The van der Waals surface area contributed by atoms with Crippen molar-refractivity contribution in [2.24, 2.45) is 11.5 Å². The Bertz CT molecular complexity index is 997. The van der Waals surface area contributed by atoms with E-state index < -0.39 is 41.8 Å². The molecule has 0 saturated heterocycles. The number of aliphatic carboxylic acids is 1. The lowest BCUT2D eigenvalue weighted by Crippen LogP contribution is -2.51. The maximum absolute atomic E-state index is 12.8. The van der Waals surface area contributed by atoms with Crippen LogP contribution < -0.4 is 33.2 Å². The van der Waals surface area contributed by atoms with Crippen LogP contribution >= 0.6 is 0 Å². The Balaban J connectivity index is 2.13. The Morgan fingerprint density at radius 3 is 2.55 bits per heavy atom. The van der Waals surface area contributed by atoms with Gasteiger partial charge in [-0.05, 0) is 6.92 Å². The lowest BCUT2D eigenvalue weighted by atomic mass is 10.1. The van der Waals surface area contributed by atoms with E-state index in [2.05, 4.69) is 35.9 Å². The van der Waals surface area contributed by atoms with Crippen LogP contribution in [0.2, 0.25) is 0 Å². The first-order valence-corrected chi connectivity index (χ1v) is 9.77. The summed E-state index contributed by atoms with van der Waals surface area (Å²) in [6, 6.07) is -1.99. The zero-order chi connectivity index (χ0) is 24.5. The minimum absolute atomic E-state index is 0.000202. The van der Waals surface area contributed by atoms with Gasteiger partial charge in [0.15, 0.2) is 0 Å². The minimum atomic E-state index is -1.23. The predicted molar refractivity (Wildman–Crippen MR) is 114 cm³/mol. The smallest absolute Gasteiger partial charge is 0.325 e. The second-order valence-corrected chi connectivity index (χ2v) is 7.11. The zero-order valence-electron chi connectivity index (χ0n) is 17.7. The number of amides is 3. The molecule has 0 unspecified atom stereocenters. The van der Waals surface area contributed by atoms with Crippen LogP contribution in [0.25, 0.3) is 0 Å². The summed E-state index contributed by atoms with van der Waals surface area (Å²) in [6.07, 6.45) is 2.89. The largest absolute Gasteiger partial charge is 0.480 e. The number of nitrogen functional groups attached to an aromatic ring is 1. The number of aromatic amines is 1. The molecule has 0 fully saturated rings. The van der Waals surface area contributed by atoms with Crippen molar-refractivity contribution in [1.29, 1.82) is 0 Å². The van der Waals surface area contributed by atoms with Crippen molar-refractivity contribution in [3.05, 3.63) is 35.8 Å². The summed E-state index contributed by atoms with van der Waals surface area (Å²) in [6.45, 7) is 1.40. The number of aromatic nitrogens is 4. The van der Waals surface area contributed by atoms with Gasteiger partial charge in [-0.3, -0.25) is 19.2 Å². The average molecular weight is 462 g/mol. The molecule has 2 heterocycles. The standard InChI is InChI=1S/C18H26N10O5/c1-8(18(32)33)25-16(30)11(2-9-4-23-7-24-9)27-17(31)12-3-13(20)28-14(26-12)6-22-5-10(19)15(21)29/h3-4,7-8,10-11,22H,2,5-6,19H2,1H3,(H2,21,29)(H,23,24)(H,25,30)(H,27,31)(H,32,33)(H2,20,26,28)/t8-,10-,11-/m0/s1. The van der Waals surface area contributed by atoms with Gasteiger partial charge in [-0.25, -0.2) is 15.0 Å².